The number of aliphatic hydroxyl groups excluding tert-OH is 3. The van der Waals surface area contributed by atoms with Crippen LogP contribution < -0.4 is 0 Å². The van der Waals surface area contributed by atoms with Crippen LogP contribution >= 0.6 is 0 Å². The van der Waals surface area contributed by atoms with E-state index in [0.29, 0.717) is 6.42 Å². The molecular formula is C13H30O4. The van der Waals surface area contributed by atoms with E-state index in [2.05, 4.69) is 0 Å². The molecule has 0 fully saturated rings. The number of aliphatic hydroxyl groups is 4. The highest BCUT2D eigenvalue weighted by Crippen LogP contribution is 2.24. The first-order valence-corrected chi connectivity index (χ1v) is 6.34. The van der Waals surface area contributed by atoms with Gasteiger partial charge < -0.3 is 20.4 Å². The zero-order valence-corrected chi connectivity index (χ0v) is 11.8. The molecule has 0 aliphatic carbocycles. The molecule has 17 heavy (non-hydrogen) atoms. The lowest BCUT2D eigenvalue weighted by atomic mass is 9.82. The number of rotatable bonds is 6. The number of unbranched alkanes of at least 4 members (excludes halogenated alkanes) is 1. The van der Waals surface area contributed by atoms with Crippen molar-refractivity contribution in [2.75, 3.05) is 6.61 Å². The van der Waals surface area contributed by atoms with Gasteiger partial charge in [0, 0.05) is 5.41 Å². The van der Waals surface area contributed by atoms with Crippen LogP contribution in [-0.2, 0) is 0 Å². The number of hydrogen-bond donors (Lipinski definition) is 4. The lowest BCUT2D eigenvalue weighted by Crippen LogP contribution is -2.36. The Morgan fingerprint density at radius 2 is 1.53 bits per heavy atom. The molecule has 0 heterocycles. The first-order valence-electron chi connectivity index (χ1n) is 6.34. The van der Waals surface area contributed by atoms with Crippen molar-refractivity contribution < 1.29 is 20.4 Å². The average molecular weight is 250 g/mol. The zero-order valence-electron chi connectivity index (χ0n) is 11.8. The fourth-order valence-electron chi connectivity index (χ4n) is 1.38. The molecule has 0 aromatic rings. The molecule has 0 rings (SSSR count). The largest absolute Gasteiger partial charge is 0.396 e. The van der Waals surface area contributed by atoms with Crippen molar-refractivity contribution in [3.63, 3.8) is 0 Å². The minimum absolute atomic E-state index is 0.0341. The first kappa shape index (κ1) is 19.2. The summed E-state index contributed by atoms with van der Waals surface area (Å²) in [5.74, 6) is 0.210. The molecule has 4 N–H and O–H groups in total. The molecule has 0 aliphatic heterocycles. The third-order valence-corrected chi connectivity index (χ3v) is 2.66. The van der Waals surface area contributed by atoms with E-state index in [0.717, 1.165) is 12.8 Å². The second-order valence-corrected chi connectivity index (χ2v) is 5.46. The highest BCUT2D eigenvalue weighted by atomic mass is 16.5. The van der Waals surface area contributed by atoms with Crippen molar-refractivity contribution in [1.82, 2.24) is 0 Å². The minimum atomic E-state index is -1.10. The van der Waals surface area contributed by atoms with Crippen molar-refractivity contribution in [2.24, 2.45) is 11.3 Å². The Morgan fingerprint density at radius 3 is 1.65 bits per heavy atom. The van der Waals surface area contributed by atoms with Gasteiger partial charge in [-0.1, -0.05) is 41.0 Å². The smallest absolute Gasteiger partial charge is 0.151 e. The molecular weight excluding hydrogens is 220 g/mol. The Balaban J connectivity index is 0. The van der Waals surface area contributed by atoms with E-state index >= 15 is 0 Å². The van der Waals surface area contributed by atoms with Crippen molar-refractivity contribution in [2.45, 2.75) is 66.3 Å². The fraction of sp³-hybridized carbons (Fsp3) is 1.00. The summed E-state index contributed by atoms with van der Waals surface area (Å²) in [6.07, 6.45) is 0.920. The van der Waals surface area contributed by atoms with Gasteiger partial charge in [0.1, 0.15) is 0 Å². The topological polar surface area (TPSA) is 80.9 Å². The molecule has 0 bridgehead atoms. The lowest BCUT2D eigenvalue weighted by Gasteiger charge is -2.30. The predicted octanol–water partition coefficient (Wildman–Crippen LogP) is 1.51. The van der Waals surface area contributed by atoms with Gasteiger partial charge in [0.15, 0.2) is 6.29 Å². The first-order chi connectivity index (χ1) is 7.68. The second-order valence-electron chi connectivity index (χ2n) is 5.46. The van der Waals surface area contributed by atoms with E-state index < -0.39 is 12.4 Å². The molecule has 106 valence electrons. The third-order valence-electron chi connectivity index (χ3n) is 2.66. The molecule has 0 spiro atoms. The van der Waals surface area contributed by atoms with Crippen LogP contribution in [0, 0.1) is 11.3 Å². The zero-order chi connectivity index (χ0) is 14.1. The summed E-state index contributed by atoms with van der Waals surface area (Å²) >= 11 is 0. The van der Waals surface area contributed by atoms with Gasteiger partial charge in [-0.3, -0.25) is 0 Å². The van der Waals surface area contributed by atoms with Crippen molar-refractivity contribution in [3.8, 4) is 0 Å². The van der Waals surface area contributed by atoms with E-state index in [1.807, 2.05) is 34.6 Å². The van der Waals surface area contributed by atoms with Gasteiger partial charge in [0.05, 0.1) is 12.7 Å². The summed E-state index contributed by atoms with van der Waals surface area (Å²) in [5, 5.41) is 34.8. The monoisotopic (exact) mass is 250 g/mol. The second kappa shape index (κ2) is 9.83. The maximum Gasteiger partial charge on any atom is 0.151 e. The SMILES string of the molecule is CC(C)C(O)C(C)(C)CO.CCCCC(O)O. The van der Waals surface area contributed by atoms with Crippen LogP contribution in [0.1, 0.15) is 53.9 Å². The van der Waals surface area contributed by atoms with Crippen molar-refractivity contribution in [1.29, 1.82) is 0 Å². The predicted molar refractivity (Wildman–Crippen MR) is 69.5 cm³/mol. The van der Waals surface area contributed by atoms with Gasteiger partial charge in [-0.15, -0.1) is 0 Å². The van der Waals surface area contributed by atoms with Crippen LogP contribution in [0.25, 0.3) is 0 Å². The summed E-state index contributed by atoms with van der Waals surface area (Å²) in [5.41, 5.74) is -0.367. The molecule has 4 nitrogen and oxygen atoms in total. The molecule has 0 aliphatic rings. The third kappa shape index (κ3) is 10.7. The van der Waals surface area contributed by atoms with Gasteiger partial charge in [-0.2, -0.15) is 0 Å². The van der Waals surface area contributed by atoms with Gasteiger partial charge >= 0.3 is 0 Å². The quantitative estimate of drug-likeness (QED) is 0.539. The summed E-state index contributed by atoms with van der Waals surface area (Å²) < 4.78 is 0. The van der Waals surface area contributed by atoms with E-state index in [4.69, 9.17) is 15.3 Å². The highest BCUT2D eigenvalue weighted by Gasteiger charge is 2.28. The molecule has 4 heteroatoms. The maximum absolute atomic E-state index is 9.49. The maximum atomic E-state index is 9.49. The van der Waals surface area contributed by atoms with E-state index in [1.54, 1.807) is 0 Å². The Hall–Kier alpha value is -0.160. The normalized spacial score (nSPS) is 13.6. The molecule has 0 aromatic carbocycles. The van der Waals surface area contributed by atoms with Crippen LogP contribution in [0.15, 0.2) is 0 Å². The molecule has 0 aromatic heterocycles. The van der Waals surface area contributed by atoms with Gasteiger partial charge in [-0.25, -0.2) is 0 Å². The summed E-state index contributed by atoms with van der Waals surface area (Å²) in [7, 11) is 0. The van der Waals surface area contributed by atoms with Gasteiger partial charge in [0.2, 0.25) is 0 Å². The van der Waals surface area contributed by atoms with E-state index in [-0.39, 0.29) is 17.9 Å². The molecule has 1 atom stereocenters. The Bertz CT molecular complexity index is 167. The van der Waals surface area contributed by atoms with Crippen LogP contribution in [0.2, 0.25) is 0 Å². The molecule has 0 radical (unpaired) electrons. The van der Waals surface area contributed by atoms with Crippen LogP contribution in [0.5, 0.6) is 0 Å². The van der Waals surface area contributed by atoms with Crippen molar-refractivity contribution >= 4 is 0 Å². The van der Waals surface area contributed by atoms with Crippen molar-refractivity contribution in [3.05, 3.63) is 0 Å². The average Bonchev–Trinajstić information content (AvgIpc) is 2.25. The highest BCUT2D eigenvalue weighted by molar-refractivity contribution is 4.78. The summed E-state index contributed by atoms with van der Waals surface area (Å²) in [6, 6.07) is 0. The molecule has 0 saturated carbocycles. The standard InChI is InChI=1S/C8H18O2.C5H12O2/c1-6(2)7(10)8(3,4)5-9;1-2-3-4-5(6)7/h6-7,9-10H,5H2,1-4H3;5-7H,2-4H2,1H3. The fourth-order valence-corrected chi connectivity index (χ4v) is 1.38. The number of hydrogen-bond acceptors (Lipinski definition) is 4. The Morgan fingerprint density at radius 1 is 1.06 bits per heavy atom. The van der Waals surface area contributed by atoms with E-state index in [1.165, 1.54) is 0 Å². The van der Waals surface area contributed by atoms with E-state index in [9.17, 15) is 5.11 Å². The minimum Gasteiger partial charge on any atom is -0.396 e. The van der Waals surface area contributed by atoms with Gasteiger partial charge in [-0.05, 0) is 18.8 Å². The Kier molecular flexibility index (Phi) is 11.1. The Labute approximate surface area is 105 Å². The van der Waals surface area contributed by atoms with Crippen LogP contribution in [-0.4, -0.2) is 39.4 Å². The van der Waals surface area contributed by atoms with Crippen LogP contribution in [0.3, 0.4) is 0 Å². The van der Waals surface area contributed by atoms with Gasteiger partial charge in [0.25, 0.3) is 0 Å². The molecule has 0 saturated heterocycles. The molecule has 0 amide bonds. The molecule has 1 unspecified atom stereocenters. The van der Waals surface area contributed by atoms with Crippen LogP contribution in [0.4, 0.5) is 0 Å². The lowest BCUT2D eigenvalue weighted by molar-refractivity contribution is -0.0463. The summed E-state index contributed by atoms with van der Waals surface area (Å²) in [6.45, 7) is 9.66. The summed E-state index contributed by atoms with van der Waals surface area (Å²) in [4.78, 5) is 0.